The Morgan fingerprint density at radius 3 is 2.20 bits per heavy atom. The normalized spacial score (nSPS) is 15.0. The molecule has 0 unspecified atom stereocenters. The van der Waals surface area contributed by atoms with Gasteiger partial charge >= 0.3 is 12.1 Å². The summed E-state index contributed by atoms with van der Waals surface area (Å²) >= 11 is 5.88. The number of ether oxygens (including phenoxy) is 1. The highest BCUT2D eigenvalue weighted by Gasteiger charge is 2.46. The van der Waals surface area contributed by atoms with E-state index in [1.807, 2.05) is 24.3 Å². The molecule has 0 aliphatic heterocycles. The first-order chi connectivity index (χ1) is 16.8. The minimum Gasteiger partial charge on any atom is -0.478 e. The molecular weight excluding hydrogens is 468 g/mol. The van der Waals surface area contributed by atoms with Crippen LogP contribution in [0.3, 0.4) is 0 Å². The first-order valence-electron chi connectivity index (χ1n) is 11.3. The van der Waals surface area contributed by atoms with Gasteiger partial charge in [-0.05, 0) is 53.3 Å². The van der Waals surface area contributed by atoms with Gasteiger partial charge in [-0.15, -0.1) is 0 Å². The molecule has 3 aromatic carbocycles. The minimum absolute atomic E-state index is 0.0417. The average molecular weight is 491 g/mol. The number of anilines is 1. The zero-order valence-electron chi connectivity index (χ0n) is 18.7. The molecule has 8 heteroatoms. The Kier molecular flexibility index (Phi) is 5.94. The summed E-state index contributed by atoms with van der Waals surface area (Å²) in [5.74, 6) is -1.55. The highest BCUT2D eigenvalue weighted by atomic mass is 35.5. The summed E-state index contributed by atoms with van der Waals surface area (Å²) in [5.41, 5.74) is 4.14. The molecule has 1 fully saturated rings. The Labute approximate surface area is 207 Å². The fourth-order valence-corrected chi connectivity index (χ4v) is 4.83. The SMILES string of the molecule is O=C(CC1(NC(=O)OCC2c3ccccc3-c3ccccc32)CC1)Nc1ccc(Cl)c(C(=O)O)c1. The van der Waals surface area contributed by atoms with Crippen LogP contribution in [0.5, 0.6) is 0 Å². The van der Waals surface area contributed by atoms with Crippen LogP contribution >= 0.6 is 11.6 Å². The van der Waals surface area contributed by atoms with Crippen molar-refractivity contribution >= 4 is 35.3 Å². The van der Waals surface area contributed by atoms with Gasteiger partial charge in [0.25, 0.3) is 0 Å². The summed E-state index contributed by atoms with van der Waals surface area (Å²) in [7, 11) is 0. The van der Waals surface area contributed by atoms with E-state index in [2.05, 4.69) is 34.9 Å². The number of carboxylic acid groups (broad SMARTS) is 1. The Morgan fingerprint density at radius 1 is 0.971 bits per heavy atom. The third-order valence-electron chi connectivity index (χ3n) is 6.54. The Morgan fingerprint density at radius 2 is 1.60 bits per heavy atom. The summed E-state index contributed by atoms with van der Waals surface area (Å²) in [6.45, 7) is 0.199. The number of benzene rings is 3. The fourth-order valence-electron chi connectivity index (χ4n) is 4.63. The second kappa shape index (κ2) is 9.07. The van der Waals surface area contributed by atoms with Gasteiger partial charge in [0.2, 0.25) is 5.91 Å². The summed E-state index contributed by atoms with van der Waals surface area (Å²) in [6, 6.07) is 20.5. The number of aromatic carboxylic acids is 1. The Balaban J connectivity index is 1.18. The average Bonchev–Trinajstić information content (AvgIpc) is 3.50. The molecule has 7 nitrogen and oxygen atoms in total. The largest absolute Gasteiger partial charge is 0.478 e. The molecule has 3 aromatic rings. The lowest BCUT2D eigenvalue weighted by Crippen LogP contribution is -2.40. The summed E-state index contributed by atoms with van der Waals surface area (Å²) in [5, 5.41) is 14.8. The van der Waals surface area contributed by atoms with Crippen LogP contribution in [0.1, 0.15) is 46.7 Å². The summed E-state index contributed by atoms with van der Waals surface area (Å²) in [6.07, 6.45) is 0.816. The van der Waals surface area contributed by atoms with E-state index >= 15 is 0 Å². The lowest BCUT2D eigenvalue weighted by molar-refractivity contribution is -0.116. The van der Waals surface area contributed by atoms with E-state index < -0.39 is 17.6 Å². The number of hydrogen-bond donors (Lipinski definition) is 3. The Bertz CT molecular complexity index is 1290. The lowest BCUT2D eigenvalue weighted by atomic mass is 9.98. The van der Waals surface area contributed by atoms with Crippen molar-refractivity contribution in [3.05, 3.63) is 88.4 Å². The van der Waals surface area contributed by atoms with E-state index in [9.17, 15) is 19.5 Å². The predicted octanol–water partition coefficient (Wildman–Crippen LogP) is 5.44. The number of alkyl carbamates (subject to hydrolysis) is 1. The molecule has 0 aromatic heterocycles. The summed E-state index contributed by atoms with van der Waals surface area (Å²) in [4.78, 5) is 36.5. The van der Waals surface area contributed by atoms with Gasteiger partial charge in [0, 0.05) is 11.6 Å². The number of amides is 2. The number of carboxylic acids is 1. The van der Waals surface area contributed by atoms with Gasteiger partial charge in [-0.3, -0.25) is 4.79 Å². The first-order valence-corrected chi connectivity index (χ1v) is 11.7. The zero-order valence-corrected chi connectivity index (χ0v) is 19.5. The van der Waals surface area contributed by atoms with Crippen molar-refractivity contribution in [2.24, 2.45) is 0 Å². The van der Waals surface area contributed by atoms with E-state index in [1.165, 1.54) is 18.2 Å². The second-order valence-corrected chi connectivity index (χ2v) is 9.36. The molecule has 0 spiro atoms. The molecular formula is C27H23ClN2O5. The predicted molar refractivity (Wildman–Crippen MR) is 132 cm³/mol. The monoisotopic (exact) mass is 490 g/mol. The second-order valence-electron chi connectivity index (χ2n) is 8.96. The van der Waals surface area contributed by atoms with Crippen LogP contribution in [-0.4, -0.2) is 35.2 Å². The van der Waals surface area contributed by atoms with Gasteiger partial charge in [0.05, 0.1) is 22.5 Å². The van der Waals surface area contributed by atoms with E-state index in [1.54, 1.807) is 0 Å². The van der Waals surface area contributed by atoms with Crippen molar-refractivity contribution in [1.29, 1.82) is 0 Å². The van der Waals surface area contributed by atoms with Crippen molar-refractivity contribution in [3.63, 3.8) is 0 Å². The van der Waals surface area contributed by atoms with Gasteiger partial charge in [0.15, 0.2) is 0 Å². The van der Waals surface area contributed by atoms with Crippen molar-refractivity contribution in [3.8, 4) is 11.1 Å². The third-order valence-corrected chi connectivity index (χ3v) is 6.87. The molecule has 0 atom stereocenters. The van der Waals surface area contributed by atoms with Crippen LogP contribution in [0.4, 0.5) is 10.5 Å². The van der Waals surface area contributed by atoms with Crippen LogP contribution < -0.4 is 10.6 Å². The van der Waals surface area contributed by atoms with Gasteiger partial charge in [-0.25, -0.2) is 9.59 Å². The number of halogens is 1. The van der Waals surface area contributed by atoms with E-state index in [-0.39, 0.29) is 35.4 Å². The molecule has 0 heterocycles. The van der Waals surface area contributed by atoms with Crippen LogP contribution in [0.25, 0.3) is 11.1 Å². The highest BCUT2D eigenvalue weighted by Crippen LogP contribution is 2.44. The van der Waals surface area contributed by atoms with E-state index in [0.717, 1.165) is 22.3 Å². The molecule has 2 amide bonds. The molecule has 178 valence electrons. The van der Waals surface area contributed by atoms with Gasteiger partial charge in [-0.1, -0.05) is 60.1 Å². The summed E-state index contributed by atoms with van der Waals surface area (Å²) < 4.78 is 5.61. The maximum atomic E-state index is 12.6. The van der Waals surface area contributed by atoms with Crippen LogP contribution in [0.15, 0.2) is 66.7 Å². The lowest BCUT2D eigenvalue weighted by Gasteiger charge is -2.19. The van der Waals surface area contributed by atoms with Crippen molar-refractivity contribution < 1.29 is 24.2 Å². The molecule has 5 rings (SSSR count). The molecule has 1 saturated carbocycles. The maximum Gasteiger partial charge on any atom is 0.407 e. The third kappa shape index (κ3) is 4.72. The highest BCUT2D eigenvalue weighted by molar-refractivity contribution is 6.33. The number of carbonyl (C=O) groups is 3. The minimum atomic E-state index is -1.18. The zero-order chi connectivity index (χ0) is 24.6. The first kappa shape index (κ1) is 22.9. The van der Waals surface area contributed by atoms with Gasteiger partial charge < -0.3 is 20.5 Å². The van der Waals surface area contributed by atoms with Crippen molar-refractivity contribution in [2.75, 3.05) is 11.9 Å². The topological polar surface area (TPSA) is 105 Å². The number of fused-ring (bicyclic) bond motifs is 3. The number of carbonyl (C=O) groups excluding carboxylic acids is 2. The Hall–Kier alpha value is -3.84. The molecule has 2 aliphatic carbocycles. The van der Waals surface area contributed by atoms with Crippen molar-refractivity contribution in [2.45, 2.75) is 30.7 Å². The molecule has 0 radical (unpaired) electrons. The van der Waals surface area contributed by atoms with Gasteiger partial charge in [-0.2, -0.15) is 0 Å². The van der Waals surface area contributed by atoms with Crippen LogP contribution in [0.2, 0.25) is 5.02 Å². The standard InChI is InChI=1S/C27H23ClN2O5/c28-23-10-9-16(13-21(23)25(32)33)29-24(31)14-27(11-12-27)30-26(34)35-15-22-19-7-3-1-5-17(19)18-6-2-4-8-20(18)22/h1-10,13,22H,11-12,14-15H2,(H,29,31)(H,30,34)(H,32,33). The van der Waals surface area contributed by atoms with Crippen LogP contribution in [0, 0.1) is 0 Å². The molecule has 2 aliphatic rings. The van der Waals surface area contributed by atoms with Crippen LogP contribution in [-0.2, 0) is 9.53 Å². The number of rotatable bonds is 7. The van der Waals surface area contributed by atoms with E-state index in [0.29, 0.717) is 18.5 Å². The molecule has 0 bridgehead atoms. The molecule has 35 heavy (non-hydrogen) atoms. The van der Waals surface area contributed by atoms with Crippen molar-refractivity contribution in [1.82, 2.24) is 5.32 Å². The van der Waals surface area contributed by atoms with Gasteiger partial charge in [0.1, 0.15) is 6.61 Å². The molecule has 0 saturated heterocycles. The maximum absolute atomic E-state index is 12.6. The number of hydrogen-bond acceptors (Lipinski definition) is 4. The quantitative estimate of drug-likeness (QED) is 0.409. The fraction of sp³-hybridized carbons (Fsp3) is 0.222. The smallest absolute Gasteiger partial charge is 0.407 e. The molecule has 3 N–H and O–H groups in total. The van der Waals surface area contributed by atoms with E-state index in [4.69, 9.17) is 16.3 Å². The number of nitrogens with one attached hydrogen (secondary N) is 2.